The maximum Gasteiger partial charge on any atom is 0.174 e. The van der Waals surface area contributed by atoms with Gasteiger partial charge in [0.25, 0.3) is 0 Å². The summed E-state index contributed by atoms with van der Waals surface area (Å²) in [4.78, 5) is 12.6. The Bertz CT molecular complexity index is 783. The number of aromatic hydroxyl groups is 1. The maximum absolute atomic E-state index is 12.6. The lowest BCUT2D eigenvalue weighted by molar-refractivity contribution is 0.0841. The minimum atomic E-state index is -0.516. The minimum Gasteiger partial charge on any atom is -0.508 e. The van der Waals surface area contributed by atoms with Crippen molar-refractivity contribution >= 4 is 5.78 Å². The molecule has 1 N–H and O–H groups in total. The number of carbonyl (C=O) groups excluding carboxylic acids is 1. The normalized spacial score (nSPS) is 16.1. The molecule has 24 heavy (non-hydrogen) atoms. The van der Waals surface area contributed by atoms with E-state index >= 15 is 0 Å². The number of ether oxygens (including phenoxy) is 4. The zero-order valence-electron chi connectivity index (χ0n) is 13.7. The zero-order valence-corrected chi connectivity index (χ0v) is 13.7. The van der Waals surface area contributed by atoms with E-state index in [0.717, 1.165) is 5.56 Å². The number of fused-ring (bicyclic) bond motifs is 1. The van der Waals surface area contributed by atoms with Crippen LogP contribution in [0.3, 0.4) is 0 Å². The first-order chi connectivity index (χ1) is 11.6. The third-order valence-corrected chi connectivity index (χ3v) is 3.98. The van der Waals surface area contributed by atoms with Crippen LogP contribution in [0.2, 0.25) is 0 Å². The predicted molar refractivity (Wildman–Crippen MR) is 86.5 cm³/mol. The van der Waals surface area contributed by atoms with Gasteiger partial charge in [-0.1, -0.05) is 0 Å². The van der Waals surface area contributed by atoms with Crippen LogP contribution in [-0.2, 0) is 0 Å². The van der Waals surface area contributed by atoms with E-state index in [4.69, 9.17) is 18.9 Å². The van der Waals surface area contributed by atoms with Crippen molar-refractivity contribution in [2.45, 2.75) is 12.5 Å². The van der Waals surface area contributed by atoms with Crippen LogP contribution >= 0.6 is 0 Å². The number of hydrogen-bond acceptors (Lipinski definition) is 6. The van der Waals surface area contributed by atoms with Gasteiger partial charge < -0.3 is 24.1 Å². The van der Waals surface area contributed by atoms with Gasteiger partial charge >= 0.3 is 0 Å². The first-order valence-corrected chi connectivity index (χ1v) is 7.40. The van der Waals surface area contributed by atoms with Gasteiger partial charge in [-0.05, 0) is 12.1 Å². The van der Waals surface area contributed by atoms with Gasteiger partial charge in [-0.3, -0.25) is 4.79 Å². The molecule has 6 heteroatoms. The van der Waals surface area contributed by atoms with E-state index in [2.05, 4.69) is 0 Å². The second-order valence-electron chi connectivity index (χ2n) is 5.36. The lowest BCUT2D eigenvalue weighted by atomic mass is 9.95. The molecule has 3 rings (SSSR count). The fraction of sp³-hybridized carbons (Fsp3) is 0.278. The van der Waals surface area contributed by atoms with Gasteiger partial charge in [0.2, 0.25) is 0 Å². The number of hydrogen-bond donors (Lipinski definition) is 1. The summed E-state index contributed by atoms with van der Waals surface area (Å²) >= 11 is 0. The van der Waals surface area contributed by atoms with Crippen molar-refractivity contribution in [2.75, 3.05) is 21.3 Å². The molecule has 6 nitrogen and oxygen atoms in total. The zero-order chi connectivity index (χ0) is 17.3. The van der Waals surface area contributed by atoms with Crippen LogP contribution in [0, 0.1) is 0 Å². The van der Waals surface area contributed by atoms with Crippen molar-refractivity contribution in [1.82, 2.24) is 0 Å². The van der Waals surface area contributed by atoms with Crippen LogP contribution in [-0.4, -0.2) is 32.2 Å². The SMILES string of the molecule is COc1ccc([C@@H]2CC(=O)c3c(OC)cc(O)cc3O2)c(OC)c1. The fourth-order valence-electron chi connectivity index (χ4n) is 2.83. The molecule has 1 heterocycles. The lowest BCUT2D eigenvalue weighted by Crippen LogP contribution is -2.21. The van der Waals surface area contributed by atoms with Gasteiger partial charge in [-0.25, -0.2) is 0 Å². The molecule has 1 aliphatic rings. The number of phenols is 1. The highest BCUT2D eigenvalue weighted by molar-refractivity contribution is 6.02. The number of carbonyl (C=O) groups is 1. The molecule has 0 unspecified atom stereocenters. The smallest absolute Gasteiger partial charge is 0.174 e. The summed E-state index contributed by atoms with van der Waals surface area (Å²) in [5, 5.41) is 9.80. The molecule has 2 aromatic rings. The van der Waals surface area contributed by atoms with Crippen molar-refractivity contribution in [2.24, 2.45) is 0 Å². The van der Waals surface area contributed by atoms with Crippen molar-refractivity contribution in [3.63, 3.8) is 0 Å². The molecule has 126 valence electrons. The highest BCUT2D eigenvalue weighted by atomic mass is 16.5. The average Bonchev–Trinajstić information content (AvgIpc) is 2.59. The van der Waals surface area contributed by atoms with Gasteiger partial charge in [0.05, 0.1) is 27.8 Å². The van der Waals surface area contributed by atoms with Gasteiger partial charge in [-0.15, -0.1) is 0 Å². The van der Waals surface area contributed by atoms with Gasteiger partial charge in [0.15, 0.2) is 5.78 Å². The van der Waals surface area contributed by atoms with Crippen LogP contribution in [0.25, 0.3) is 0 Å². The highest BCUT2D eigenvalue weighted by Gasteiger charge is 2.32. The van der Waals surface area contributed by atoms with E-state index in [1.807, 2.05) is 0 Å². The minimum absolute atomic E-state index is 0.0271. The molecular formula is C18H18O6. The Labute approximate surface area is 139 Å². The number of ketones is 1. The van der Waals surface area contributed by atoms with Crippen LogP contribution < -0.4 is 18.9 Å². The van der Waals surface area contributed by atoms with Crippen molar-refractivity contribution < 1.29 is 28.8 Å². The van der Waals surface area contributed by atoms with E-state index in [1.165, 1.54) is 19.2 Å². The summed E-state index contributed by atoms with van der Waals surface area (Å²) in [6, 6.07) is 8.14. The van der Waals surface area contributed by atoms with E-state index < -0.39 is 6.10 Å². The van der Waals surface area contributed by atoms with Crippen molar-refractivity contribution in [3.8, 4) is 28.7 Å². The summed E-state index contributed by atoms with van der Waals surface area (Å²) in [6.45, 7) is 0. The average molecular weight is 330 g/mol. The predicted octanol–water partition coefficient (Wildman–Crippen LogP) is 3.12. The maximum atomic E-state index is 12.6. The molecule has 1 aliphatic heterocycles. The Morgan fingerprint density at radius 2 is 1.79 bits per heavy atom. The molecule has 2 aromatic carbocycles. The van der Waals surface area contributed by atoms with Crippen LogP contribution in [0.4, 0.5) is 0 Å². The number of Topliss-reactive ketones (excluding diaryl/α,β-unsaturated/α-hetero) is 1. The topological polar surface area (TPSA) is 74.2 Å². The highest BCUT2D eigenvalue weighted by Crippen LogP contribution is 2.44. The Hall–Kier alpha value is -2.89. The summed E-state index contributed by atoms with van der Waals surface area (Å²) in [7, 11) is 4.56. The molecule has 0 amide bonds. The largest absolute Gasteiger partial charge is 0.508 e. The Kier molecular flexibility index (Phi) is 4.20. The number of methoxy groups -OCH3 is 3. The second kappa shape index (κ2) is 6.31. The summed E-state index contributed by atoms with van der Waals surface area (Å²) in [5.74, 6) is 1.68. The summed E-state index contributed by atoms with van der Waals surface area (Å²) in [6.07, 6.45) is -0.367. The first kappa shape index (κ1) is 16.0. The van der Waals surface area contributed by atoms with Crippen LogP contribution in [0.15, 0.2) is 30.3 Å². The molecule has 0 aromatic heterocycles. The molecule has 0 saturated heterocycles. The first-order valence-electron chi connectivity index (χ1n) is 7.40. The third kappa shape index (κ3) is 2.71. The lowest BCUT2D eigenvalue weighted by Gasteiger charge is -2.27. The van der Waals surface area contributed by atoms with Crippen molar-refractivity contribution in [3.05, 3.63) is 41.5 Å². The van der Waals surface area contributed by atoms with Gasteiger partial charge in [0, 0.05) is 23.8 Å². The molecular weight excluding hydrogens is 312 g/mol. The molecule has 0 aliphatic carbocycles. The van der Waals surface area contributed by atoms with Crippen LogP contribution in [0.1, 0.15) is 28.4 Å². The third-order valence-electron chi connectivity index (χ3n) is 3.98. The standard InChI is InChI=1S/C18H18O6/c1-21-11-4-5-12(14(8-11)22-2)15-9-13(20)18-16(23-3)6-10(19)7-17(18)24-15/h4-8,15,19H,9H2,1-3H3/t15-/m0/s1. The summed E-state index contributed by atoms with van der Waals surface area (Å²) < 4.78 is 21.7. The Morgan fingerprint density at radius 1 is 1.04 bits per heavy atom. The Balaban J connectivity index is 2.02. The van der Waals surface area contributed by atoms with Gasteiger partial charge in [0.1, 0.15) is 40.4 Å². The van der Waals surface area contributed by atoms with E-state index in [9.17, 15) is 9.90 Å². The Morgan fingerprint density at radius 3 is 2.46 bits per heavy atom. The van der Waals surface area contributed by atoms with Gasteiger partial charge in [-0.2, -0.15) is 0 Å². The molecule has 0 fully saturated rings. The molecule has 1 atom stereocenters. The molecule has 0 spiro atoms. The van der Waals surface area contributed by atoms with E-state index in [1.54, 1.807) is 32.4 Å². The van der Waals surface area contributed by atoms with E-state index in [-0.39, 0.29) is 18.0 Å². The molecule has 0 radical (unpaired) electrons. The van der Waals surface area contributed by atoms with Crippen LogP contribution in [0.5, 0.6) is 28.7 Å². The summed E-state index contributed by atoms with van der Waals surface area (Å²) in [5.41, 5.74) is 1.08. The monoisotopic (exact) mass is 330 g/mol. The molecule has 0 saturated carbocycles. The number of rotatable bonds is 4. The van der Waals surface area contributed by atoms with Crippen molar-refractivity contribution in [1.29, 1.82) is 0 Å². The second-order valence-corrected chi connectivity index (χ2v) is 5.36. The number of phenolic OH excluding ortho intramolecular Hbond substituents is 1. The fourth-order valence-corrected chi connectivity index (χ4v) is 2.83. The quantitative estimate of drug-likeness (QED) is 0.928. The molecule has 0 bridgehead atoms. The number of benzene rings is 2. The van der Waals surface area contributed by atoms with E-state index in [0.29, 0.717) is 28.6 Å².